The molecule has 0 unspecified atom stereocenters. The summed E-state index contributed by atoms with van der Waals surface area (Å²) in [4.78, 5) is 17.3. The van der Waals surface area contributed by atoms with E-state index < -0.39 is 0 Å². The summed E-state index contributed by atoms with van der Waals surface area (Å²) in [6, 6.07) is 7.91. The number of carbonyl (C=O) groups is 1. The summed E-state index contributed by atoms with van der Waals surface area (Å²) in [5.41, 5.74) is 0. The van der Waals surface area contributed by atoms with Crippen LogP contribution in [0.4, 0.5) is 0 Å². The lowest BCUT2D eigenvalue weighted by atomic mass is 10.3. The molecule has 0 fully saturated rings. The third kappa shape index (κ3) is 4.18. The predicted molar refractivity (Wildman–Crippen MR) is 83.9 cm³/mol. The third-order valence-electron chi connectivity index (χ3n) is 2.71. The second kappa shape index (κ2) is 7.59. The van der Waals surface area contributed by atoms with E-state index in [-0.39, 0.29) is 5.78 Å². The van der Waals surface area contributed by atoms with Crippen molar-refractivity contribution >= 4 is 33.5 Å². The van der Waals surface area contributed by atoms with Crippen molar-refractivity contribution in [3.8, 4) is 0 Å². The van der Waals surface area contributed by atoms with E-state index >= 15 is 0 Å². The number of rotatable bonds is 7. The van der Waals surface area contributed by atoms with Crippen molar-refractivity contribution in [3.63, 3.8) is 0 Å². The number of hydrogen-bond acceptors (Lipinski definition) is 4. The van der Waals surface area contributed by atoms with Crippen molar-refractivity contribution in [2.45, 2.75) is 31.2 Å². The van der Waals surface area contributed by atoms with Gasteiger partial charge in [0.2, 0.25) is 0 Å². The summed E-state index contributed by atoms with van der Waals surface area (Å²) in [6.07, 6.45) is 2.84. The number of benzene rings is 1. The van der Waals surface area contributed by atoms with Crippen molar-refractivity contribution < 1.29 is 4.79 Å². The van der Waals surface area contributed by atoms with Gasteiger partial charge < -0.3 is 0 Å². The Labute approximate surface area is 131 Å². The fraction of sp³-hybridized carbons (Fsp3) is 0.357. The average molecular weight is 354 g/mol. The molecule has 2 aromatic rings. The molecule has 0 spiro atoms. The van der Waals surface area contributed by atoms with Crippen LogP contribution in [0.5, 0.6) is 0 Å². The minimum absolute atomic E-state index is 0.163. The zero-order valence-electron chi connectivity index (χ0n) is 11.3. The number of halogens is 1. The minimum atomic E-state index is 0.163. The first-order valence-corrected chi connectivity index (χ1v) is 8.24. The van der Waals surface area contributed by atoms with Gasteiger partial charge in [-0.15, -0.1) is 11.8 Å². The molecule has 20 heavy (non-hydrogen) atoms. The molecule has 0 aliphatic heterocycles. The molecule has 4 nitrogen and oxygen atoms in total. The summed E-state index contributed by atoms with van der Waals surface area (Å²) in [5, 5.41) is 4.13. The number of aromatic nitrogens is 3. The quantitative estimate of drug-likeness (QED) is 0.716. The summed E-state index contributed by atoms with van der Waals surface area (Å²) in [5.74, 6) is 1.36. The lowest BCUT2D eigenvalue weighted by Gasteiger charge is -2.05. The van der Waals surface area contributed by atoms with E-state index in [2.05, 4.69) is 32.9 Å². The van der Waals surface area contributed by atoms with Crippen LogP contribution in [0.15, 0.2) is 40.0 Å². The second-order valence-electron chi connectivity index (χ2n) is 4.33. The Morgan fingerprint density at radius 2 is 2.20 bits per heavy atom. The van der Waals surface area contributed by atoms with Gasteiger partial charge in [0, 0.05) is 15.9 Å². The first kappa shape index (κ1) is 15.3. The lowest BCUT2D eigenvalue weighted by molar-refractivity contribution is -0.116. The summed E-state index contributed by atoms with van der Waals surface area (Å²) in [6.45, 7) is 2.88. The fourth-order valence-electron chi connectivity index (χ4n) is 1.77. The molecule has 2 rings (SSSR count). The third-order valence-corrected chi connectivity index (χ3v) is 4.80. The van der Waals surface area contributed by atoms with Gasteiger partial charge >= 0.3 is 0 Å². The Morgan fingerprint density at radius 1 is 1.40 bits per heavy atom. The molecule has 0 atom stereocenters. The molecular formula is C14H16BrN3OS. The smallest absolute Gasteiger partial charge is 0.150 e. The molecular weight excluding hydrogens is 338 g/mol. The van der Waals surface area contributed by atoms with Gasteiger partial charge in [-0.05, 0) is 34.5 Å². The number of carbonyl (C=O) groups excluding carboxylic acids is 1. The van der Waals surface area contributed by atoms with Crippen molar-refractivity contribution in [1.82, 2.24) is 14.8 Å². The zero-order chi connectivity index (χ0) is 14.4. The van der Waals surface area contributed by atoms with Gasteiger partial charge in [0.1, 0.15) is 12.2 Å². The molecule has 0 aliphatic rings. The highest BCUT2D eigenvalue weighted by molar-refractivity contribution is 9.10. The van der Waals surface area contributed by atoms with E-state index in [1.165, 1.54) is 6.33 Å². The molecule has 0 saturated carbocycles. The van der Waals surface area contributed by atoms with E-state index in [0.29, 0.717) is 12.2 Å². The number of thioether (sulfide) groups is 1. The lowest BCUT2D eigenvalue weighted by Crippen LogP contribution is -2.12. The zero-order valence-corrected chi connectivity index (χ0v) is 13.7. The monoisotopic (exact) mass is 353 g/mol. The Kier molecular flexibility index (Phi) is 5.79. The topological polar surface area (TPSA) is 47.8 Å². The summed E-state index contributed by atoms with van der Waals surface area (Å²) >= 11 is 5.02. The van der Waals surface area contributed by atoms with Crippen molar-refractivity contribution in [1.29, 1.82) is 0 Å². The average Bonchev–Trinajstić information content (AvgIpc) is 2.86. The summed E-state index contributed by atoms with van der Waals surface area (Å²) in [7, 11) is 0. The molecule has 106 valence electrons. The molecule has 0 radical (unpaired) electrons. The molecule has 0 N–H and O–H groups in total. The number of ketones is 1. The van der Waals surface area contributed by atoms with Crippen molar-refractivity contribution in [3.05, 3.63) is 40.9 Å². The van der Waals surface area contributed by atoms with Crippen LogP contribution < -0.4 is 0 Å². The normalized spacial score (nSPS) is 10.7. The number of Topliss-reactive ketones (excluding diaryl/α,β-unsaturated/α-hetero) is 1. The van der Waals surface area contributed by atoms with Gasteiger partial charge in [-0.25, -0.2) is 9.67 Å². The molecule has 0 amide bonds. The van der Waals surface area contributed by atoms with Gasteiger partial charge in [-0.2, -0.15) is 5.10 Å². The van der Waals surface area contributed by atoms with E-state index in [4.69, 9.17) is 0 Å². The van der Waals surface area contributed by atoms with Crippen molar-refractivity contribution in [2.75, 3.05) is 5.75 Å². The van der Waals surface area contributed by atoms with Crippen LogP contribution in [0.1, 0.15) is 19.2 Å². The highest BCUT2D eigenvalue weighted by atomic mass is 79.9. The van der Waals surface area contributed by atoms with Crippen molar-refractivity contribution in [2.24, 2.45) is 0 Å². The Bertz CT molecular complexity index is 585. The van der Waals surface area contributed by atoms with E-state index in [9.17, 15) is 4.79 Å². The highest BCUT2D eigenvalue weighted by Gasteiger charge is 2.11. The van der Waals surface area contributed by atoms with Crippen LogP contribution in [-0.4, -0.2) is 26.3 Å². The molecule has 0 saturated heterocycles. The van der Waals surface area contributed by atoms with E-state index in [1.54, 1.807) is 16.4 Å². The molecule has 1 aromatic heterocycles. The van der Waals surface area contributed by atoms with Gasteiger partial charge in [0.15, 0.2) is 5.78 Å². The maximum absolute atomic E-state index is 12.0. The molecule has 1 aromatic carbocycles. The number of hydrogen-bond donors (Lipinski definition) is 0. The van der Waals surface area contributed by atoms with E-state index in [0.717, 1.165) is 28.2 Å². The Balaban J connectivity index is 1.90. The Hall–Kier alpha value is -1.14. The van der Waals surface area contributed by atoms with Crippen LogP contribution >= 0.6 is 27.7 Å². The first-order chi connectivity index (χ1) is 9.70. The fourth-order valence-corrected chi connectivity index (χ4v) is 3.20. The standard InChI is InChI=1S/C14H16BrN3OS/c1-2-7-18-14(16-10-17-18)8-11(19)9-20-13-6-4-3-5-12(13)15/h3-6,10H,2,7-9H2,1H3. The predicted octanol–water partition coefficient (Wildman–Crippen LogP) is 3.35. The van der Waals surface area contributed by atoms with Crippen LogP contribution in [0.25, 0.3) is 0 Å². The van der Waals surface area contributed by atoms with E-state index in [1.807, 2.05) is 24.3 Å². The molecule has 0 aliphatic carbocycles. The molecule has 1 heterocycles. The molecule has 6 heteroatoms. The van der Waals surface area contributed by atoms with Gasteiger partial charge in [-0.1, -0.05) is 19.1 Å². The minimum Gasteiger partial charge on any atom is -0.298 e. The number of aryl methyl sites for hydroxylation is 1. The number of nitrogens with zero attached hydrogens (tertiary/aromatic N) is 3. The maximum Gasteiger partial charge on any atom is 0.150 e. The van der Waals surface area contributed by atoms with Crippen LogP contribution in [0, 0.1) is 0 Å². The SMILES string of the molecule is CCCn1ncnc1CC(=O)CSc1ccccc1Br. The van der Waals surface area contributed by atoms with Crippen LogP contribution in [-0.2, 0) is 17.8 Å². The van der Waals surface area contributed by atoms with Gasteiger partial charge in [0.05, 0.1) is 12.2 Å². The highest BCUT2D eigenvalue weighted by Crippen LogP contribution is 2.27. The van der Waals surface area contributed by atoms with Gasteiger partial charge in [-0.3, -0.25) is 4.79 Å². The largest absolute Gasteiger partial charge is 0.298 e. The van der Waals surface area contributed by atoms with Gasteiger partial charge in [0.25, 0.3) is 0 Å². The maximum atomic E-state index is 12.0. The Morgan fingerprint density at radius 3 is 2.95 bits per heavy atom. The molecule has 0 bridgehead atoms. The first-order valence-electron chi connectivity index (χ1n) is 6.46. The second-order valence-corrected chi connectivity index (χ2v) is 6.21. The van der Waals surface area contributed by atoms with Crippen LogP contribution in [0.3, 0.4) is 0 Å². The summed E-state index contributed by atoms with van der Waals surface area (Å²) < 4.78 is 2.83. The van der Waals surface area contributed by atoms with Crippen LogP contribution in [0.2, 0.25) is 0 Å².